The molecule has 18 heavy (non-hydrogen) atoms. The fourth-order valence-electron chi connectivity index (χ4n) is 2.25. The molecule has 1 atom stereocenters. The Bertz CT molecular complexity index is 445. The summed E-state index contributed by atoms with van der Waals surface area (Å²) in [7, 11) is 0. The molecule has 0 aromatic heterocycles. The molecule has 1 fully saturated rings. The number of nitrogens with two attached hydrogens (primary N) is 1. The van der Waals surface area contributed by atoms with E-state index < -0.39 is 0 Å². The van der Waals surface area contributed by atoms with Gasteiger partial charge in [0.1, 0.15) is 6.10 Å². The SMILES string of the molecule is Cc1ccc(C)c(N2CCC(CCN)OC2=O)c1. The Kier molecular flexibility index (Phi) is 3.87. The molecule has 0 saturated carbocycles. The summed E-state index contributed by atoms with van der Waals surface area (Å²) in [6.07, 6.45) is 1.31. The Morgan fingerprint density at radius 3 is 2.89 bits per heavy atom. The largest absolute Gasteiger partial charge is 0.446 e. The van der Waals surface area contributed by atoms with Gasteiger partial charge in [0.15, 0.2) is 0 Å². The molecule has 1 aromatic carbocycles. The second kappa shape index (κ2) is 5.40. The van der Waals surface area contributed by atoms with Crippen LogP contribution in [0.25, 0.3) is 0 Å². The van der Waals surface area contributed by atoms with Gasteiger partial charge in [-0.05, 0) is 44.0 Å². The van der Waals surface area contributed by atoms with Crippen molar-refractivity contribution < 1.29 is 9.53 Å². The Balaban J connectivity index is 2.15. The number of carbonyl (C=O) groups excluding carboxylic acids is 1. The van der Waals surface area contributed by atoms with Gasteiger partial charge in [-0.25, -0.2) is 4.79 Å². The van der Waals surface area contributed by atoms with Gasteiger partial charge in [-0.2, -0.15) is 0 Å². The summed E-state index contributed by atoms with van der Waals surface area (Å²) in [6.45, 7) is 5.29. The molecule has 4 nitrogen and oxygen atoms in total. The maximum atomic E-state index is 12.0. The third-order valence-electron chi connectivity index (χ3n) is 3.31. The minimum atomic E-state index is -0.256. The first-order chi connectivity index (χ1) is 8.61. The van der Waals surface area contributed by atoms with Gasteiger partial charge in [-0.1, -0.05) is 12.1 Å². The second-order valence-electron chi connectivity index (χ2n) is 4.81. The predicted octanol–water partition coefficient (Wildman–Crippen LogP) is 2.37. The summed E-state index contributed by atoms with van der Waals surface area (Å²) in [4.78, 5) is 13.7. The van der Waals surface area contributed by atoms with Crippen LogP contribution >= 0.6 is 0 Å². The molecule has 1 unspecified atom stereocenters. The second-order valence-corrected chi connectivity index (χ2v) is 4.81. The fraction of sp³-hybridized carbons (Fsp3) is 0.500. The molecule has 0 radical (unpaired) electrons. The number of benzene rings is 1. The Morgan fingerprint density at radius 1 is 1.44 bits per heavy atom. The first kappa shape index (κ1) is 12.9. The number of anilines is 1. The third kappa shape index (κ3) is 2.64. The van der Waals surface area contributed by atoms with Crippen molar-refractivity contribution in [1.29, 1.82) is 0 Å². The van der Waals surface area contributed by atoms with Gasteiger partial charge in [0.25, 0.3) is 0 Å². The highest BCUT2D eigenvalue weighted by Crippen LogP contribution is 2.26. The predicted molar refractivity (Wildman–Crippen MR) is 71.8 cm³/mol. The number of hydrogen-bond donors (Lipinski definition) is 1. The Hall–Kier alpha value is -1.55. The van der Waals surface area contributed by atoms with Crippen LogP contribution in [0.5, 0.6) is 0 Å². The van der Waals surface area contributed by atoms with E-state index in [1.165, 1.54) is 0 Å². The number of ether oxygens (including phenoxy) is 1. The van der Waals surface area contributed by atoms with E-state index in [0.717, 1.165) is 29.7 Å². The lowest BCUT2D eigenvalue weighted by Gasteiger charge is -2.32. The van der Waals surface area contributed by atoms with E-state index in [0.29, 0.717) is 13.1 Å². The Labute approximate surface area is 108 Å². The van der Waals surface area contributed by atoms with Gasteiger partial charge in [0.05, 0.1) is 5.69 Å². The van der Waals surface area contributed by atoms with Crippen LogP contribution in [-0.4, -0.2) is 25.3 Å². The zero-order chi connectivity index (χ0) is 13.1. The van der Waals surface area contributed by atoms with E-state index in [9.17, 15) is 4.79 Å². The highest BCUT2D eigenvalue weighted by atomic mass is 16.6. The molecule has 1 aliphatic heterocycles. The van der Waals surface area contributed by atoms with Crippen molar-refractivity contribution in [3.8, 4) is 0 Å². The summed E-state index contributed by atoms with van der Waals surface area (Å²) in [5, 5.41) is 0. The number of aryl methyl sites for hydroxylation is 2. The highest BCUT2D eigenvalue weighted by molar-refractivity contribution is 5.89. The van der Waals surface area contributed by atoms with Crippen molar-refractivity contribution in [2.24, 2.45) is 5.73 Å². The topological polar surface area (TPSA) is 55.6 Å². The number of amides is 1. The van der Waals surface area contributed by atoms with Crippen LogP contribution in [-0.2, 0) is 4.74 Å². The van der Waals surface area contributed by atoms with Crippen LogP contribution in [0.2, 0.25) is 0 Å². The third-order valence-corrected chi connectivity index (χ3v) is 3.31. The van der Waals surface area contributed by atoms with Crippen LogP contribution in [0.3, 0.4) is 0 Å². The van der Waals surface area contributed by atoms with Gasteiger partial charge in [-0.15, -0.1) is 0 Å². The molecule has 2 rings (SSSR count). The lowest BCUT2D eigenvalue weighted by molar-refractivity contribution is 0.0806. The summed E-state index contributed by atoms with van der Waals surface area (Å²) in [5.74, 6) is 0. The molecular formula is C14H20N2O2. The molecule has 0 bridgehead atoms. The standard InChI is InChI=1S/C14H20N2O2/c1-10-3-4-11(2)13(9-10)16-8-6-12(5-7-15)18-14(16)17/h3-4,9,12H,5-8,15H2,1-2H3. The normalized spacial score (nSPS) is 19.8. The average molecular weight is 248 g/mol. The molecule has 98 valence electrons. The van der Waals surface area contributed by atoms with E-state index in [1.54, 1.807) is 4.90 Å². The average Bonchev–Trinajstić information content (AvgIpc) is 2.33. The van der Waals surface area contributed by atoms with Gasteiger partial charge < -0.3 is 10.5 Å². The fourth-order valence-corrected chi connectivity index (χ4v) is 2.25. The lowest BCUT2D eigenvalue weighted by Crippen LogP contribution is -2.43. The first-order valence-electron chi connectivity index (χ1n) is 6.37. The summed E-state index contributed by atoms with van der Waals surface area (Å²) < 4.78 is 5.40. The molecule has 1 heterocycles. The molecule has 0 aliphatic carbocycles. The van der Waals surface area contributed by atoms with Gasteiger partial charge in [-0.3, -0.25) is 4.90 Å². The Morgan fingerprint density at radius 2 is 2.22 bits per heavy atom. The maximum Gasteiger partial charge on any atom is 0.414 e. The van der Waals surface area contributed by atoms with Crippen LogP contribution in [0.4, 0.5) is 10.5 Å². The van der Waals surface area contributed by atoms with E-state index in [4.69, 9.17) is 10.5 Å². The van der Waals surface area contributed by atoms with Crippen molar-refractivity contribution in [1.82, 2.24) is 0 Å². The number of rotatable bonds is 3. The molecular weight excluding hydrogens is 228 g/mol. The first-order valence-corrected chi connectivity index (χ1v) is 6.37. The molecule has 2 N–H and O–H groups in total. The van der Waals surface area contributed by atoms with Gasteiger partial charge in [0.2, 0.25) is 0 Å². The van der Waals surface area contributed by atoms with Crippen molar-refractivity contribution in [2.45, 2.75) is 32.8 Å². The minimum absolute atomic E-state index is 0.0242. The maximum absolute atomic E-state index is 12.0. The summed E-state index contributed by atoms with van der Waals surface area (Å²) >= 11 is 0. The van der Waals surface area contributed by atoms with E-state index in [-0.39, 0.29) is 12.2 Å². The van der Waals surface area contributed by atoms with Gasteiger partial charge >= 0.3 is 6.09 Å². The molecule has 4 heteroatoms. The smallest absolute Gasteiger partial charge is 0.414 e. The molecule has 0 spiro atoms. The number of carbonyl (C=O) groups is 1. The number of hydrogen-bond acceptors (Lipinski definition) is 3. The van der Waals surface area contributed by atoms with Crippen molar-refractivity contribution >= 4 is 11.8 Å². The summed E-state index contributed by atoms with van der Waals surface area (Å²) in [6, 6.07) is 6.11. The number of nitrogens with zero attached hydrogens (tertiary/aromatic N) is 1. The lowest BCUT2D eigenvalue weighted by atomic mass is 10.1. The zero-order valence-corrected chi connectivity index (χ0v) is 11.0. The monoisotopic (exact) mass is 248 g/mol. The van der Waals surface area contributed by atoms with E-state index in [2.05, 4.69) is 0 Å². The van der Waals surface area contributed by atoms with Crippen molar-refractivity contribution in [3.63, 3.8) is 0 Å². The van der Waals surface area contributed by atoms with Crippen molar-refractivity contribution in [3.05, 3.63) is 29.3 Å². The molecule has 1 amide bonds. The van der Waals surface area contributed by atoms with E-state index >= 15 is 0 Å². The quantitative estimate of drug-likeness (QED) is 0.893. The van der Waals surface area contributed by atoms with Crippen LogP contribution < -0.4 is 10.6 Å². The highest BCUT2D eigenvalue weighted by Gasteiger charge is 2.28. The van der Waals surface area contributed by atoms with Crippen molar-refractivity contribution in [2.75, 3.05) is 18.0 Å². The molecule has 1 aromatic rings. The minimum Gasteiger partial charge on any atom is -0.446 e. The molecule has 1 saturated heterocycles. The molecule has 1 aliphatic rings. The van der Waals surface area contributed by atoms with Crippen LogP contribution in [0, 0.1) is 13.8 Å². The van der Waals surface area contributed by atoms with Crippen LogP contribution in [0.1, 0.15) is 24.0 Å². The van der Waals surface area contributed by atoms with E-state index in [1.807, 2.05) is 32.0 Å². The van der Waals surface area contributed by atoms with Gasteiger partial charge in [0, 0.05) is 13.0 Å². The summed E-state index contributed by atoms with van der Waals surface area (Å²) in [5.41, 5.74) is 8.68. The zero-order valence-electron chi connectivity index (χ0n) is 11.0. The van der Waals surface area contributed by atoms with Crippen LogP contribution in [0.15, 0.2) is 18.2 Å². The number of cyclic esters (lactones) is 1.